The van der Waals surface area contributed by atoms with Crippen molar-refractivity contribution in [1.82, 2.24) is 5.43 Å². The maximum Gasteiger partial charge on any atom is 0.0951 e. The van der Waals surface area contributed by atoms with Gasteiger partial charge in [0, 0.05) is 16.9 Å². The quantitative estimate of drug-likeness (QED) is 0.597. The Hall–Kier alpha value is -1.10. The Kier molecular flexibility index (Phi) is 2.98. The predicted octanol–water partition coefficient (Wildman–Crippen LogP) is 2.09. The van der Waals surface area contributed by atoms with Crippen molar-refractivity contribution in [2.75, 3.05) is 0 Å². The van der Waals surface area contributed by atoms with Gasteiger partial charge in [-0.15, -0.1) is 11.3 Å². The molecule has 0 amide bonds. The molecule has 2 rings (SSSR count). The summed E-state index contributed by atoms with van der Waals surface area (Å²) in [6.07, 6.45) is 4.28. The van der Waals surface area contributed by atoms with Crippen molar-refractivity contribution in [2.45, 2.75) is 12.5 Å². The molecule has 0 aliphatic carbocycles. The number of nitrogens with one attached hydrogen (secondary N) is 1. The summed E-state index contributed by atoms with van der Waals surface area (Å²) in [6.45, 7) is 0. The monoisotopic (exact) mass is 208 g/mol. The second-order valence-corrected chi connectivity index (χ2v) is 4.09. The van der Waals surface area contributed by atoms with Crippen LogP contribution in [0.5, 0.6) is 0 Å². The lowest BCUT2D eigenvalue weighted by atomic mass is 10.1. The van der Waals surface area contributed by atoms with Gasteiger partial charge in [0.15, 0.2) is 0 Å². The van der Waals surface area contributed by atoms with Gasteiger partial charge in [0.2, 0.25) is 0 Å². The van der Waals surface area contributed by atoms with Crippen LogP contribution in [0, 0.1) is 0 Å². The second-order valence-electron chi connectivity index (χ2n) is 3.06. The smallest absolute Gasteiger partial charge is 0.0951 e. The molecule has 0 bridgehead atoms. The first-order chi connectivity index (χ1) is 6.90. The van der Waals surface area contributed by atoms with Gasteiger partial charge < -0.3 is 4.42 Å². The highest BCUT2D eigenvalue weighted by Gasteiger charge is 2.11. The van der Waals surface area contributed by atoms with E-state index in [2.05, 4.69) is 16.9 Å². The van der Waals surface area contributed by atoms with Crippen LogP contribution in [0.25, 0.3) is 0 Å². The molecule has 0 saturated heterocycles. The van der Waals surface area contributed by atoms with Crippen molar-refractivity contribution in [3.05, 3.63) is 46.5 Å². The van der Waals surface area contributed by atoms with E-state index in [4.69, 9.17) is 10.3 Å². The minimum absolute atomic E-state index is 0.132. The van der Waals surface area contributed by atoms with Crippen molar-refractivity contribution >= 4 is 11.3 Å². The topological polar surface area (TPSA) is 51.2 Å². The summed E-state index contributed by atoms with van der Waals surface area (Å²) in [4.78, 5) is 1.31. The Morgan fingerprint density at radius 2 is 2.43 bits per heavy atom. The van der Waals surface area contributed by atoms with E-state index in [1.165, 1.54) is 4.88 Å². The fourth-order valence-corrected chi connectivity index (χ4v) is 2.13. The minimum atomic E-state index is 0.132. The van der Waals surface area contributed by atoms with E-state index in [9.17, 15) is 0 Å². The summed E-state index contributed by atoms with van der Waals surface area (Å²) in [5.74, 6) is 5.49. The third-order valence-electron chi connectivity index (χ3n) is 2.13. The summed E-state index contributed by atoms with van der Waals surface area (Å²) in [7, 11) is 0. The molecular formula is C10H12N2OS. The molecule has 1 atom stereocenters. The first kappa shape index (κ1) is 9.45. The van der Waals surface area contributed by atoms with Crippen LogP contribution in [0.2, 0.25) is 0 Å². The Morgan fingerprint density at radius 1 is 1.50 bits per heavy atom. The number of nitrogens with two attached hydrogens (primary N) is 1. The van der Waals surface area contributed by atoms with Gasteiger partial charge in [-0.2, -0.15) is 0 Å². The molecular weight excluding hydrogens is 196 g/mol. The molecule has 0 saturated carbocycles. The Balaban J connectivity index is 2.08. The van der Waals surface area contributed by atoms with Crippen molar-refractivity contribution in [3.63, 3.8) is 0 Å². The molecule has 2 aromatic rings. The molecule has 3 N–H and O–H groups in total. The van der Waals surface area contributed by atoms with Crippen molar-refractivity contribution < 1.29 is 4.42 Å². The largest absolute Gasteiger partial charge is 0.472 e. The third-order valence-corrected chi connectivity index (χ3v) is 3.03. The minimum Gasteiger partial charge on any atom is -0.472 e. The lowest BCUT2D eigenvalue weighted by Crippen LogP contribution is -2.29. The lowest BCUT2D eigenvalue weighted by Gasteiger charge is -2.12. The average Bonchev–Trinajstić information content (AvgIpc) is 2.86. The van der Waals surface area contributed by atoms with Crippen LogP contribution in [0.15, 0.2) is 40.5 Å². The van der Waals surface area contributed by atoms with Gasteiger partial charge in [0.05, 0.1) is 18.6 Å². The molecule has 1 unspecified atom stereocenters. The SMILES string of the molecule is NNC(Cc1cccs1)c1ccoc1. The number of rotatable bonds is 4. The van der Waals surface area contributed by atoms with E-state index in [0.29, 0.717) is 0 Å². The molecule has 0 spiro atoms. The molecule has 0 aromatic carbocycles. The van der Waals surface area contributed by atoms with Gasteiger partial charge in [-0.1, -0.05) is 6.07 Å². The number of furan rings is 1. The van der Waals surface area contributed by atoms with Gasteiger partial charge in [0.1, 0.15) is 0 Å². The molecule has 0 radical (unpaired) electrons. The van der Waals surface area contributed by atoms with Crippen LogP contribution >= 0.6 is 11.3 Å². The van der Waals surface area contributed by atoms with E-state index in [1.54, 1.807) is 23.9 Å². The van der Waals surface area contributed by atoms with E-state index < -0.39 is 0 Å². The molecule has 2 heterocycles. The molecule has 3 nitrogen and oxygen atoms in total. The maximum atomic E-state index is 5.49. The normalized spacial score (nSPS) is 12.9. The molecule has 2 aromatic heterocycles. The van der Waals surface area contributed by atoms with Crippen LogP contribution in [0.1, 0.15) is 16.5 Å². The summed E-state index contributed by atoms with van der Waals surface area (Å²) in [6, 6.07) is 6.21. The molecule has 4 heteroatoms. The standard InChI is InChI=1S/C10H12N2OS/c11-12-10(8-3-4-13-7-8)6-9-2-1-5-14-9/h1-5,7,10,12H,6,11H2. The molecule has 0 fully saturated rings. The summed E-state index contributed by atoms with van der Waals surface area (Å²) in [5.41, 5.74) is 3.87. The summed E-state index contributed by atoms with van der Waals surface area (Å²) >= 11 is 1.74. The highest BCUT2D eigenvalue weighted by molar-refractivity contribution is 7.09. The maximum absolute atomic E-state index is 5.49. The second kappa shape index (κ2) is 4.41. The molecule has 0 aliphatic rings. The number of hydrazine groups is 1. The molecule has 74 valence electrons. The zero-order valence-corrected chi connectivity index (χ0v) is 8.46. The van der Waals surface area contributed by atoms with Gasteiger partial charge >= 0.3 is 0 Å². The molecule has 14 heavy (non-hydrogen) atoms. The zero-order chi connectivity index (χ0) is 9.80. The van der Waals surface area contributed by atoms with Crippen LogP contribution in [-0.2, 0) is 6.42 Å². The Morgan fingerprint density at radius 3 is 3.00 bits per heavy atom. The highest BCUT2D eigenvalue weighted by Crippen LogP contribution is 2.20. The first-order valence-electron chi connectivity index (χ1n) is 4.41. The van der Waals surface area contributed by atoms with E-state index >= 15 is 0 Å². The highest BCUT2D eigenvalue weighted by atomic mass is 32.1. The van der Waals surface area contributed by atoms with Gasteiger partial charge in [-0.3, -0.25) is 11.3 Å². The third kappa shape index (κ3) is 2.04. The summed E-state index contributed by atoms with van der Waals surface area (Å²) < 4.78 is 5.02. The predicted molar refractivity (Wildman–Crippen MR) is 56.8 cm³/mol. The van der Waals surface area contributed by atoms with Gasteiger partial charge in [-0.05, 0) is 17.5 Å². The van der Waals surface area contributed by atoms with Crippen LogP contribution in [-0.4, -0.2) is 0 Å². The fourth-order valence-electron chi connectivity index (χ4n) is 1.38. The van der Waals surface area contributed by atoms with E-state index in [0.717, 1.165) is 12.0 Å². The zero-order valence-electron chi connectivity index (χ0n) is 7.64. The Labute approximate surface area is 86.5 Å². The van der Waals surface area contributed by atoms with Crippen molar-refractivity contribution in [2.24, 2.45) is 5.84 Å². The first-order valence-corrected chi connectivity index (χ1v) is 5.28. The Bertz CT molecular complexity index is 355. The van der Waals surface area contributed by atoms with Crippen LogP contribution in [0.3, 0.4) is 0 Å². The fraction of sp³-hybridized carbons (Fsp3) is 0.200. The summed E-state index contributed by atoms with van der Waals surface area (Å²) in [5, 5.41) is 2.07. The average molecular weight is 208 g/mol. The number of thiophene rings is 1. The van der Waals surface area contributed by atoms with Gasteiger partial charge in [-0.25, -0.2) is 0 Å². The van der Waals surface area contributed by atoms with Crippen LogP contribution < -0.4 is 11.3 Å². The van der Waals surface area contributed by atoms with Crippen molar-refractivity contribution in [1.29, 1.82) is 0 Å². The van der Waals surface area contributed by atoms with E-state index in [-0.39, 0.29) is 6.04 Å². The molecule has 0 aliphatic heterocycles. The number of hydrogen-bond acceptors (Lipinski definition) is 4. The van der Waals surface area contributed by atoms with Crippen LogP contribution in [0.4, 0.5) is 0 Å². The van der Waals surface area contributed by atoms with Crippen molar-refractivity contribution in [3.8, 4) is 0 Å². The number of hydrogen-bond donors (Lipinski definition) is 2. The van der Waals surface area contributed by atoms with Gasteiger partial charge in [0.25, 0.3) is 0 Å². The lowest BCUT2D eigenvalue weighted by molar-refractivity contribution is 0.527. The van der Waals surface area contributed by atoms with E-state index in [1.807, 2.05) is 12.1 Å².